The zero-order chi connectivity index (χ0) is 25.0. The van der Waals surface area contributed by atoms with Gasteiger partial charge in [0.2, 0.25) is 15.8 Å². The maximum absolute atomic E-state index is 13.6. The van der Waals surface area contributed by atoms with Crippen LogP contribution in [0.1, 0.15) is 26.2 Å². The van der Waals surface area contributed by atoms with Gasteiger partial charge in [0.05, 0.1) is 18.9 Å². The van der Waals surface area contributed by atoms with Crippen LogP contribution >= 0.6 is 0 Å². The largest absolute Gasteiger partial charge is 0.412 e. The number of aromatic nitrogens is 5. The molecule has 5 rings (SSSR count). The number of nitrogens with one attached hydrogen (secondary N) is 2. The molecule has 0 aliphatic carbocycles. The summed E-state index contributed by atoms with van der Waals surface area (Å²) in [6.45, 7) is 3.92. The number of piperazine rings is 1. The predicted octanol–water partition coefficient (Wildman–Crippen LogP) is 0.920. The SMILES string of the molecule is C[C@H]1CN(c2cc(S(=O)(=O)NC3(CF)COC3)cn3c(-c4nnc(C(F)F)o4)nnc23)C[C@H](C)N1. The molecule has 35 heavy (non-hydrogen) atoms. The molecule has 2 saturated heterocycles. The standard InChI is InChI=1S/C19H23F3N8O4S/c1-10-4-29(5-11(2)23-10)13-3-12(35(31,32)28-19(7-20)8-33-9-19)6-30-15(13)24-25-16(30)18-27-26-17(34-18)14(21)22/h3,6,10-11,14,23,28H,4-5,7-9H2,1-2H3/t10-,11-/m0/s1. The van der Waals surface area contributed by atoms with Gasteiger partial charge < -0.3 is 19.4 Å². The minimum atomic E-state index is -4.23. The number of pyridine rings is 1. The molecule has 3 aromatic heterocycles. The number of alkyl halides is 3. The van der Waals surface area contributed by atoms with Crippen LogP contribution < -0.4 is 14.9 Å². The van der Waals surface area contributed by atoms with Crippen LogP contribution in [-0.4, -0.2) is 83.8 Å². The van der Waals surface area contributed by atoms with Gasteiger partial charge in [-0.15, -0.1) is 20.4 Å². The van der Waals surface area contributed by atoms with Gasteiger partial charge in [0.15, 0.2) is 5.65 Å². The molecule has 5 heterocycles. The number of hydrogen-bond acceptors (Lipinski definition) is 10. The molecule has 16 heteroatoms. The number of anilines is 1. The van der Waals surface area contributed by atoms with E-state index in [2.05, 4.69) is 30.4 Å². The monoisotopic (exact) mass is 516 g/mol. The van der Waals surface area contributed by atoms with Crippen molar-refractivity contribution < 1.29 is 30.7 Å². The first kappa shape index (κ1) is 23.9. The molecular weight excluding hydrogens is 493 g/mol. The second-order valence-corrected chi connectivity index (χ2v) is 10.6. The third-order valence-corrected chi connectivity index (χ3v) is 7.40. The Morgan fingerprint density at radius 2 is 1.91 bits per heavy atom. The van der Waals surface area contributed by atoms with Crippen LogP contribution in [0.5, 0.6) is 0 Å². The van der Waals surface area contributed by atoms with Gasteiger partial charge in [0, 0.05) is 31.4 Å². The molecule has 0 amide bonds. The molecule has 2 N–H and O–H groups in total. The van der Waals surface area contributed by atoms with E-state index in [1.54, 1.807) is 0 Å². The van der Waals surface area contributed by atoms with Crippen LogP contribution in [0.3, 0.4) is 0 Å². The quantitative estimate of drug-likeness (QED) is 0.466. The molecular formula is C19H23F3N8O4S. The third-order valence-electron chi connectivity index (χ3n) is 5.85. The van der Waals surface area contributed by atoms with Crippen molar-refractivity contribution in [2.24, 2.45) is 0 Å². The molecule has 0 radical (unpaired) electrons. The van der Waals surface area contributed by atoms with Crippen molar-refractivity contribution in [1.82, 2.24) is 34.8 Å². The summed E-state index contributed by atoms with van der Waals surface area (Å²) in [5.74, 6) is -1.36. The summed E-state index contributed by atoms with van der Waals surface area (Å²) in [5, 5.41) is 18.5. The first-order valence-electron chi connectivity index (χ1n) is 10.8. The molecule has 3 aromatic rings. The minimum Gasteiger partial charge on any atom is -0.412 e. The van der Waals surface area contributed by atoms with Crippen LogP contribution in [0.4, 0.5) is 18.9 Å². The Bertz CT molecular complexity index is 1330. The molecule has 0 unspecified atom stereocenters. The van der Waals surface area contributed by atoms with E-state index in [1.807, 2.05) is 18.7 Å². The summed E-state index contributed by atoms with van der Waals surface area (Å²) in [6, 6.07) is 1.61. The first-order valence-corrected chi connectivity index (χ1v) is 12.3. The van der Waals surface area contributed by atoms with Crippen molar-refractivity contribution in [3.63, 3.8) is 0 Å². The fraction of sp³-hybridized carbons (Fsp3) is 0.579. The van der Waals surface area contributed by atoms with Gasteiger partial charge in [-0.05, 0) is 19.9 Å². The van der Waals surface area contributed by atoms with Crippen LogP contribution in [0.15, 0.2) is 21.6 Å². The van der Waals surface area contributed by atoms with E-state index in [9.17, 15) is 21.6 Å². The van der Waals surface area contributed by atoms with E-state index < -0.39 is 34.6 Å². The van der Waals surface area contributed by atoms with Gasteiger partial charge in [-0.1, -0.05) is 0 Å². The van der Waals surface area contributed by atoms with Crippen molar-refractivity contribution in [3.05, 3.63) is 18.2 Å². The summed E-state index contributed by atoms with van der Waals surface area (Å²) in [5.41, 5.74) is -0.635. The lowest BCUT2D eigenvalue weighted by atomic mass is 10.0. The van der Waals surface area contributed by atoms with Crippen LogP contribution in [0.2, 0.25) is 0 Å². The summed E-state index contributed by atoms with van der Waals surface area (Å²) in [4.78, 5) is 1.75. The smallest absolute Gasteiger partial charge is 0.314 e. The van der Waals surface area contributed by atoms with Crippen molar-refractivity contribution >= 4 is 21.4 Å². The topological polar surface area (TPSA) is 140 Å². The Hall–Kier alpha value is -2.82. The normalized spacial score (nSPS) is 22.6. The summed E-state index contributed by atoms with van der Waals surface area (Å²) >= 11 is 0. The van der Waals surface area contributed by atoms with Crippen molar-refractivity contribution in [2.75, 3.05) is 37.9 Å². The number of ether oxygens (including phenoxy) is 1. The highest BCUT2D eigenvalue weighted by molar-refractivity contribution is 7.89. The molecule has 0 bridgehead atoms. The Kier molecular flexibility index (Phi) is 5.93. The van der Waals surface area contributed by atoms with E-state index >= 15 is 0 Å². The van der Waals surface area contributed by atoms with E-state index in [-0.39, 0.29) is 47.6 Å². The number of sulfonamides is 1. The molecule has 2 aliphatic rings. The highest BCUT2D eigenvalue weighted by atomic mass is 32.2. The number of hydrogen-bond donors (Lipinski definition) is 2. The number of nitrogens with zero attached hydrogens (tertiary/aromatic N) is 6. The number of fused-ring (bicyclic) bond motifs is 1. The Balaban J connectivity index is 1.65. The molecule has 0 spiro atoms. The Morgan fingerprint density at radius 3 is 2.49 bits per heavy atom. The van der Waals surface area contributed by atoms with Gasteiger partial charge in [-0.3, -0.25) is 4.40 Å². The maximum atomic E-state index is 13.6. The molecule has 2 atom stereocenters. The minimum absolute atomic E-state index is 0.0889. The molecule has 0 aromatic carbocycles. The lowest BCUT2D eigenvalue weighted by Crippen LogP contribution is -2.63. The second-order valence-electron chi connectivity index (χ2n) is 8.91. The van der Waals surface area contributed by atoms with Gasteiger partial charge in [0.1, 0.15) is 17.1 Å². The maximum Gasteiger partial charge on any atom is 0.314 e. The van der Waals surface area contributed by atoms with Crippen molar-refractivity contribution in [2.45, 2.75) is 42.8 Å². The summed E-state index contributed by atoms with van der Waals surface area (Å²) in [6.07, 6.45) is -1.78. The fourth-order valence-electron chi connectivity index (χ4n) is 4.27. The first-order chi connectivity index (χ1) is 16.6. The molecule has 12 nitrogen and oxygen atoms in total. The van der Waals surface area contributed by atoms with Crippen molar-refractivity contribution in [1.29, 1.82) is 0 Å². The third kappa shape index (κ3) is 4.34. The zero-order valence-corrected chi connectivity index (χ0v) is 19.6. The van der Waals surface area contributed by atoms with Crippen LogP contribution in [0, 0.1) is 0 Å². The average Bonchev–Trinajstić information content (AvgIpc) is 3.42. The lowest BCUT2D eigenvalue weighted by Gasteiger charge is -2.39. The van der Waals surface area contributed by atoms with Crippen molar-refractivity contribution in [3.8, 4) is 11.7 Å². The van der Waals surface area contributed by atoms with Gasteiger partial charge in [0.25, 0.3) is 11.8 Å². The lowest BCUT2D eigenvalue weighted by molar-refractivity contribution is -0.0725. The molecule has 190 valence electrons. The zero-order valence-electron chi connectivity index (χ0n) is 18.8. The number of rotatable bonds is 7. The number of halogens is 3. The highest BCUT2D eigenvalue weighted by Gasteiger charge is 2.43. The van der Waals surface area contributed by atoms with Gasteiger partial charge in [-0.2, -0.15) is 13.5 Å². The van der Waals surface area contributed by atoms with E-state index in [0.717, 1.165) is 0 Å². The second kappa shape index (κ2) is 8.69. The van der Waals surface area contributed by atoms with Gasteiger partial charge in [-0.25, -0.2) is 12.8 Å². The predicted molar refractivity (Wildman–Crippen MR) is 115 cm³/mol. The van der Waals surface area contributed by atoms with Gasteiger partial charge >= 0.3 is 6.43 Å². The summed E-state index contributed by atoms with van der Waals surface area (Å²) in [7, 11) is -4.23. The van der Waals surface area contributed by atoms with E-state index in [4.69, 9.17) is 9.15 Å². The van der Waals surface area contributed by atoms with E-state index in [1.165, 1.54) is 16.7 Å². The highest BCUT2D eigenvalue weighted by Crippen LogP contribution is 2.31. The fourth-order valence-corrected chi connectivity index (χ4v) is 5.64. The summed E-state index contributed by atoms with van der Waals surface area (Å²) < 4.78 is 79.9. The van der Waals surface area contributed by atoms with Crippen LogP contribution in [0.25, 0.3) is 17.4 Å². The van der Waals surface area contributed by atoms with E-state index in [0.29, 0.717) is 18.8 Å². The Labute approximate surface area is 197 Å². The van der Waals surface area contributed by atoms with Crippen LogP contribution in [-0.2, 0) is 14.8 Å². The average molecular weight is 517 g/mol. The Morgan fingerprint density at radius 1 is 1.20 bits per heavy atom. The molecule has 2 fully saturated rings. The molecule has 0 saturated carbocycles. The molecule has 2 aliphatic heterocycles.